The molecule has 2 atom stereocenters. The molecule has 2 N–H and O–H groups in total. The van der Waals surface area contributed by atoms with Crippen LogP contribution in [0.15, 0.2) is 30.3 Å². The van der Waals surface area contributed by atoms with Crippen LogP contribution in [0.3, 0.4) is 0 Å². The van der Waals surface area contributed by atoms with Crippen molar-refractivity contribution in [3.05, 3.63) is 53.1 Å². The van der Waals surface area contributed by atoms with Crippen molar-refractivity contribution in [3.63, 3.8) is 0 Å². The van der Waals surface area contributed by atoms with E-state index in [2.05, 4.69) is 5.10 Å². The maximum atomic E-state index is 13.5. The van der Waals surface area contributed by atoms with Gasteiger partial charge >= 0.3 is 0 Å². The molecule has 1 fully saturated rings. The Labute approximate surface area is 141 Å². The van der Waals surface area contributed by atoms with Crippen molar-refractivity contribution in [2.45, 2.75) is 38.8 Å². The molecule has 0 radical (unpaired) electrons. The number of aryl methyl sites for hydroxylation is 1. The van der Waals surface area contributed by atoms with Crippen molar-refractivity contribution in [1.29, 1.82) is 0 Å². The van der Waals surface area contributed by atoms with Gasteiger partial charge in [0.2, 0.25) is 0 Å². The van der Waals surface area contributed by atoms with Gasteiger partial charge in [-0.3, -0.25) is 9.48 Å². The van der Waals surface area contributed by atoms with Gasteiger partial charge in [0.25, 0.3) is 5.91 Å². The lowest BCUT2D eigenvalue weighted by atomic mass is 9.95. The highest BCUT2D eigenvalue weighted by Crippen LogP contribution is 2.28. The molecule has 1 aromatic heterocycles. The summed E-state index contributed by atoms with van der Waals surface area (Å²) in [5, 5.41) is 4.42. The Balaban J connectivity index is 1.79. The van der Waals surface area contributed by atoms with Crippen molar-refractivity contribution in [2.75, 3.05) is 13.1 Å². The minimum atomic E-state index is -0.282. The van der Waals surface area contributed by atoms with Gasteiger partial charge in [-0.15, -0.1) is 0 Å². The number of carbonyl (C=O) groups is 1. The fraction of sp³-hybridized carbons (Fsp3) is 0.444. The number of hydrogen-bond donors (Lipinski definition) is 1. The molecule has 1 aliphatic heterocycles. The zero-order valence-electron chi connectivity index (χ0n) is 14.2. The van der Waals surface area contributed by atoms with E-state index < -0.39 is 0 Å². The van der Waals surface area contributed by atoms with Gasteiger partial charge in [-0.1, -0.05) is 12.1 Å². The first-order chi connectivity index (χ1) is 11.4. The van der Waals surface area contributed by atoms with Gasteiger partial charge < -0.3 is 10.6 Å². The molecule has 1 saturated heterocycles. The Hall–Kier alpha value is -2.21. The summed E-state index contributed by atoms with van der Waals surface area (Å²) in [7, 11) is 0. The largest absolute Gasteiger partial charge is 0.335 e. The number of rotatable bonds is 3. The van der Waals surface area contributed by atoms with E-state index in [0.717, 1.165) is 11.3 Å². The Bertz CT molecular complexity index is 755. The lowest BCUT2D eigenvalue weighted by molar-refractivity contribution is 0.0782. The summed E-state index contributed by atoms with van der Waals surface area (Å²) < 4.78 is 15.3. The molecule has 0 spiro atoms. The van der Waals surface area contributed by atoms with Crippen LogP contribution >= 0.6 is 0 Å². The number of hydrogen-bond acceptors (Lipinski definition) is 3. The average Bonchev–Trinajstić information content (AvgIpc) is 3.10. The fourth-order valence-corrected chi connectivity index (χ4v) is 3.36. The Kier molecular flexibility index (Phi) is 4.41. The second-order valence-electron chi connectivity index (χ2n) is 6.74. The summed E-state index contributed by atoms with van der Waals surface area (Å²) in [4.78, 5) is 14.5. The van der Waals surface area contributed by atoms with E-state index in [1.807, 2.05) is 37.6 Å². The molecule has 2 heterocycles. The van der Waals surface area contributed by atoms with Crippen LogP contribution in [0, 0.1) is 12.7 Å². The standard InChI is InChI=1S/C18H23FN4O/c1-11(2)23-12(3)7-17(21-23)18(24)22-9-15(16(20)10-22)13-5-4-6-14(19)8-13/h4-8,11,15-16H,9-10,20H2,1-3H3/t15-,16+/m0/s1. The van der Waals surface area contributed by atoms with Crippen LogP contribution in [0.1, 0.15) is 47.6 Å². The topological polar surface area (TPSA) is 64.2 Å². The van der Waals surface area contributed by atoms with Gasteiger partial charge in [0.15, 0.2) is 5.69 Å². The summed E-state index contributed by atoms with van der Waals surface area (Å²) in [6, 6.07) is 8.25. The van der Waals surface area contributed by atoms with E-state index >= 15 is 0 Å². The molecule has 128 valence electrons. The van der Waals surface area contributed by atoms with Gasteiger partial charge in [-0.2, -0.15) is 5.10 Å². The van der Waals surface area contributed by atoms with Crippen molar-refractivity contribution in [2.24, 2.45) is 5.73 Å². The third kappa shape index (κ3) is 3.06. The molecule has 1 aromatic carbocycles. The van der Waals surface area contributed by atoms with Gasteiger partial charge in [-0.25, -0.2) is 4.39 Å². The minimum Gasteiger partial charge on any atom is -0.335 e. The van der Waals surface area contributed by atoms with Crippen LogP contribution in [0.2, 0.25) is 0 Å². The number of nitrogens with two attached hydrogens (primary N) is 1. The van der Waals surface area contributed by atoms with Crippen LogP contribution < -0.4 is 5.73 Å². The van der Waals surface area contributed by atoms with Crippen LogP contribution in [0.25, 0.3) is 0 Å². The van der Waals surface area contributed by atoms with E-state index in [0.29, 0.717) is 18.8 Å². The van der Waals surface area contributed by atoms with Gasteiger partial charge in [-0.05, 0) is 44.5 Å². The van der Waals surface area contributed by atoms with Gasteiger partial charge in [0.1, 0.15) is 5.82 Å². The van der Waals surface area contributed by atoms with Crippen molar-refractivity contribution in [1.82, 2.24) is 14.7 Å². The molecule has 1 amide bonds. The number of aromatic nitrogens is 2. The third-order valence-corrected chi connectivity index (χ3v) is 4.56. The summed E-state index contributed by atoms with van der Waals surface area (Å²) in [5.74, 6) is -0.458. The Morgan fingerprint density at radius 1 is 1.33 bits per heavy atom. The molecular formula is C18H23FN4O. The van der Waals surface area contributed by atoms with Crippen LogP contribution in [-0.4, -0.2) is 39.7 Å². The molecule has 0 saturated carbocycles. The van der Waals surface area contributed by atoms with E-state index in [4.69, 9.17) is 5.73 Å². The zero-order valence-corrected chi connectivity index (χ0v) is 14.2. The van der Waals surface area contributed by atoms with E-state index in [1.165, 1.54) is 12.1 Å². The van der Waals surface area contributed by atoms with E-state index in [9.17, 15) is 9.18 Å². The number of nitrogens with zero attached hydrogens (tertiary/aromatic N) is 3. The molecule has 3 rings (SSSR count). The lowest BCUT2D eigenvalue weighted by Crippen LogP contribution is -2.32. The molecular weight excluding hydrogens is 307 g/mol. The summed E-state index contributed by atoms with van der Waals surface area (Å²) in [6.07, 6.45) is 0. The summed E-state index contributed by atoms with van der Waals surface area (Å²) >= 11 is 0. The predicted octanol–water partition coefficient (Wildman–Crippen LogP) is 2.48. The predicted molar refractivity (Wildman–Crippen MR) is 90.4 cm³/mol. The van der Waals surface area contributed by atoms with Crippen molar-refractivity contribution in [3.8, 4) is 0 Å². The van der Waals surface area contributed by atoms with Crippen LogP contribution in [0.4, 0.5) is 4.39 Å². The average molecular weight is 330 g/mol. The van der Waals surface area contributed by atoms with E-state index in [1.54, 1.807) is 11.0 Å². The first-order valence-electron chi connectivity index (χ1n) is 8.23. The molecule has 0 aliphatic carbocycles. The SMILES string of the molecule is Cc1cc(C(=O)N2C[C@@H](N)[C@H](c3cccc(F)c3)C2)nn1C(C)C. The van der Waals surface area contributed by atoms with Crippen LogP contribution in [-0.2, 0) is 0 Å². The number of amides is 1. The highest BCUT2D eigenvalue weighted by Gasteiger charge is 2.35. The second-order valence-corrected chi connectivity index (χ2v) is 6.74. The highest BCUT2D eigenvalue weighted by atomic mass is 19.1. The number of halogens is 1. The molecule has 1 aliphatic rings. The maximum absolute atomic E-state index is 13.5. The quantitative estimate of drug-likeness (QED) is 0.940. The van der Waals surface area contributed by atoms with Crippen molar-refractivity contribution < 1.29 is 9.18 Å². The fourth-order valence-electron chi connectivity index (χ4n) is 3.36. The third-order valence-electron chi connectivity index (χ3n) is 4.56. The molecule has 2 aromatic rings. The Morgan fingerprint density at radius 2 is 2.08 bits per heavy atom. The van der Waals surface area contributed by atoms with Gasteiger partial charge in [0, 0.05) is 36.8 Å². The van der Waals surface area contributed by atoms with Crippen molar-refractivity contribution >= 4 is 5.91 Å². The number of likely N-dealkylation sites (tertiary alicyclic amines) is 1. The monoisotopic (exact) mass is 330 g/mol. The Morgan fingerprint density at radius 3 is 2.71 bits per heavy atom. The first kappa shape index (κ1) is 16.6. The second kappa shape index (κ2) is 6.36. The molecule has 5 nitrogen and oxygen atoms in total. The van der Waals surface area contributed by atoms with E-state index in [-0.39, 0.29) is 29.7 Å². The van der Waals surface area contributed by atoms with Crippen LogP contribution in [0.5, 0.6) is 0 Å². The number of carbonyl (C=O) groups excluding carboxylic acids is 1. The normalized spacial score (nSPS) is 20.8. The molecule has 6 heteroatoms. The number of benzene rings is 1. The lowest BCUT2D eigenvalue weighted by Gasteiger charge is -2.15. The first-order valence-corrected chi connectivity index (χ1v) is 8.23. The smallest absolute Gasteiger partial charge is 0.274 e. The highest BCUT2D eigenvalue weighted by molar-refractivity contribution is 5.92. The summed E-state index contributed by atoms with van der Waals surface area (Å²) in [6.45, 7) is 6.93. The minimum absolute atomic E-state index is 0.0575. The van der Waals surface area contributed by atoms with Gasteiger partial charge in [0.05, 0.1) is 0 Å². The summed E-state index contributed by atoms with van der Waals surface area (Å²) in [5.41, 5.74) is 8.44. The zero-order chi connectivity index (χ0) is 17.4. The molecule has 0 unspecified atom stereocenters. The molecule has 0 bridgehead atoms. The molecule has 24 heavy (non-hydrogen) atoms. The maximum Gasteiger partial charge on any atom is 0.274 e.